The second-order valence-electron chi connectivity index (χ2n) is 5.06. The fourth-order valence-corrected chi connectivity index (χ4v) is 3.11. The van der Waals surface area contributed by atoms with Crippen LogP contribution in [0.4, 0.5) is 5.82 Å². The number of aryl methyl sites for hydroxylation is 2. The van der Waals surface area contributed by atoms with E-state index in [0.29, 0.717) is 0 Å². The summed E-state index contributed by atoms with van der Waals surface area (Å²) in [6.45, 7) is 4.12. The van der Waals surface area contributed by atoms with Crippen LogP contribution in [-0.4, -0.2) is 11.5 Å². The van der Waals surface area contributed by atoms with Crippen molar-refractivity contribution in [3.05, 3.63) is 57.7 Å². The first kappa shape index (κ1) is 12.7. The van der Waals surface area contributed by atoms with E-state index in [0.717, 1.165) is 29.8 Å². The maximum Gasteiger partial charge on any atom is 0.143 e. The maximum atomic E-state index is 4.56. The summed E-state index contributed by atoms with van der Waals surface area (Å²) in [6, 6.07) is 10.8. The summed E-state index contributed by atoms with van der Waals surface area (Å²) in [5.41, 5.74) is 4.14. The summed E-state index contributed by atoms with van der Waals surface area (Å²) in [7, 11) is 0. The van der Waals surface area contributed by atoms with Crippen LogP contribution in [0.25, 0.3) is 0 Å². The number of hydrogen-bond donors (Lipinski definition) is 0. The van der Waals surface area contributed by atoms with Crippen molar-refractivity contribution < 1.29 is 0 Å². The molecule has 0 aliphatic carbocycles. The highest BCUT2D eigenvalue weighted by molar-refractivity contribution is 9.10. The number of hydrogen-bond acceptors (Lipinski definition) is 2. The quantitative estimate of drug-likeness (QED) is 0.787. The number of benzene rings is 1. The molecule has 1 aliphatic heterocycles. The number of nitrogens with zero attached hydrogens (tertiary/aromatic N) is 2. The summed E-state index contributed by atoms with van der Waals surface area (Å²) in [4.78, 5) is 6.93. The normalized spacial score (nSPS) is 14.9. The molecule has 0 saturated carbocycles. The Labute approximate surface area is 122 Å². The van der Waals surface area contributed by atoms with E-state index in [-0.39, 0.29) is 0 Å². The lowest BCUT2D eigenvalue weighted by Gasteiger charge is -2.23. The Morgan fingerprint density at radius 2 is 1.95 bits per heavy atom. The molecule has 3 heteroatoms. The molecule has 0 unspecified atom stereocenters. The van der Waals surface area contributed by atoms with Crippen LogP contribution in [0.2, 0.25) is 0 Å². The van der Waals surface area contributed by atoms with Crippen LogP contribution < -0.4 is 4.90 Å². The molecule has 0 fully saturated rings. The topological polar surface area (TPSA) is 16.1 Å². The second-order valence-corrected chi connectivity index (χ2v) is 5.85. The molecule has 0 saturated heterocycles. The Balaban J connectivity index is 1.96. The van der Waals surface area contributed by atoms with Crippen molar-refractivity contribution in [3.8, 4) is 0 Å². The standard InChI is InChI=1S/C16H17BrN2/c1-12-8-9-18-16(15(12)17)19-10-4-7-13-5-2-3-6-14(13)11-19/h2-3,5-6,8-9H,4,7,10-11H2,1H3. The van der Waals surface area contributed by atoms with Gasteiger partial charge in [0, 0.05) is 19.3 Å². The summed E-state index contributed by atoms with van der Waals surface area (Å²) in [5, 5.41) is 0. The van der Waals surface area contributed by atoms with Gasteiger partial charge in [0.15, 0.2) is 0 Å². The van der Waals surface area contributed by atoms with Gasteiger partial charge in [-0.05, 0) is 58.5 Å². The van der Waals surface area contributed by atoms with Gasteiger partial charge in [-0.15, -0.1) is 0 Å². The first-order chi connectivity index (χ1) is 9.25. The van der Waals surface area contributed by atoms with E-state index in [1.807, 2.05) is 12.3 Å². The molecule has 0 N–H and O–H groups in total. The van der Waals surface area contributed by atoms with Crippen LogP contribution in [0.15, 0.2) is 41.0 Å². The zero-order valence-electron chi connectivity index (χ0n) is 11.1. The van der Waals surface area contributed by atoms with Crippen molar-refractivity contribution >= 4 is 21.7 Å². The minimum Gasteiger partial charge on any atom is -0.351 e. The van der Waals surface area contributed by atoms with Gasteiger partial charge in [-0.3, -0.25) is 0 Å². The molecule has 0 radical (unpaired) electrons. The first-order valence-electron chi connectivity index (χ1n) is 6.68. The van der Waals surface area contributed by atoms with Gasteiger partial charge in [0.05, 0.1) is 4.47 Å². The number of fused-ring (bicyclic) bond motifs is 1. The van der Waals surface area contributed by atoms with Gasteiger partial charge < -0.3 is 4.90 Å². The largest absolute Gasteiger partial charge is 0.351 e. The van der Waals surface area contributed by atoms with Gasteiger partial charge >= 0.3 is 0 Å². The Hall–Kier alpha value is -1.35. The number of rotatable bonds is 1. The third-order valence-electron chi connectivity index (χ3n) is 3.72. The predicted octanol–water partition coefficient (Wildman–Crippen LogP) is 4.11. The monoisotopic (exact) mass is 316 g/mol. The highest BCUT2D eigenvalue weighted by Gasteiger charge is 2.17. The van der Waals surface area contributed by atoms with Gasteiger partial charge in [-0.2, -0.15) is 0 Å². The van der Waals surface area contributed by atoms with Crippen LogP contribution >= 0.6 is 15.9 Å². The Morgan fingerprint density at radius 1 is 1.16 bits per heavy atom. The molecule has 1 aromatic heterocycles. The fraction of sp³-hybridized carbons (Fsp3) is 0.312. The lowest BCUT2D eigenvalue weighted by molar-refractivity contribution is 0.752. The Kier molecular flexibility index (Phi) is 3.56. The van der Waals surface area contributed by atoms with Crippen molar-refractivity contribution in [2.24, 2.45) is 0 Å². The van der Waals surface area contributed by atoms with E-state index in [4.69, 9.17) is 0 Å². The Bertz CT molecular complexity index is 595. The van der Waals surface area contributed by atoms with Gasteiger partial charge in [0.2, 0.25) is 0 Å². The van der Waals surface area contributed by atoms with Gasteiger partial charge in [0.1, 0.15) is 5.82 Å². The maximum absolute atomic E-state index is 4.56. The minimum absolute atomic E-state index is 0.950. The second kappa shape index (κ2) is 5.33. The number of aromatic nitrogens is 1. The number of halogens is 1. The van der Waals surface area contributed by atoms with Crippen LogP contribution in [0.5, 0.6) is 0 Å². The van der Waals surface area contributed by atoms with E-state index < -0.39 is 0 Å². The predicted molar refractivity (Wildman–Crippen MR) is 82.5 cm³/mol. The Morgan fingerprint density at radius 3 is 2.79 bits per heavy atom. The lowest BCUT2D eigenvalue weighted by Crippen LogP contribution is -2.24. The summed E-state index contributed by atoms with van der Waals surface area (Å²) < 4.78 is 1.12. The third kappa shape index (κ3) is 2.52. The summed E-state index contributed by atoms with van der Waals surface area (Å²) in [6.07, 6.45) is 4.24. The molecule has 0 bridgehead atoms. The molecule has 0 spiro atoms. The van der Waals surface area contributed by atoms with Gasteiger partial charge in [-0.25, -0.2) is 4.98 Å². The molecule has 3 rings (SSSR count). The molecule has 1 aromatic carbocycles. The lowest BCUT2D eigenvalue weighted by atomic mass is 10.0. The zero-order chi connectivity index (χ0) is 13.2. The molecule has 98 valence electrons. The molecule has 2 aromatic rings. The molecule has 0 atom stereocenters. The zero-order valence-corrected chi connectivity index (χ0v) is 12.7. The van der Waals surface area contributed by atoms with Gasteiger partial charge in [-0.1, -0.05) is 24.3 Å². The highest BCUT2D eigenvalue weighted by atomic mass is 79.9. The van der Waals surface area contributed by atoms with Crippen molar-refractivity contribution in [1.29, 1.82) is 0 Å². The molecule has 1 aliphatic rings. The highest BCUT2D eigenvalue weighted by Crippen LogP contribution is 2.30. The minimum atomic E-state index is 0.950. The molecule has 0 amide bonds. The van der Waals surface area contributed by atoms with E-state index in [2.05, 4.69) is 57.0 Å². The summed E-state index contributed by atoms with van der Waals surface area (Å²) in [5.74, 6) is 1.07. The van der Waals surface area contributed by atoms with Crippen molar-refractivity contribution in [2.45, 2.75) is 26.3 Å². The van der Waals surface area contributed by atoms with Crippen LogP contribution in [-0.2, 0) is 13.0 Å². The van der Waals surface area contributed by atoms with Crippen LogP contribution in [0.3, 0.4) is 0 Å². The van der Waals surface area contributed by atoms with E-state index in [1.165, 1.54) is 23.1 Å². The molecule has 2 nitrogen and oxygen atoms in total. The smallest absolute Gasteiger partial charge is 0.143 e. The molecular weight excluding hydrogens is 300 g/mol. The SMILES string of the molecule is Cc1ccnc(N2CCCc3ccccc3C2)c1Br. The average Bonchev–Trinajstić information content (AvgIpc) is 2.64. The summed E-state index contributed by atoms with van der Waals surface area (Å²) >= 11 is 3.68. The average molecular weight is 317 g/mol. The molecular formula is C16H17BrN2. The molecule has 2 heterocycles. The van der Waals surface area contributed by atoms with Crippen molar-refractivity contribution in [3.63, 3.8) is 0 Å². The fourth-order valence-electron chi connectivity index (χ4n) is 2.63. The van der Waals surface area contributed by atoms with E-state index >= 15 is 0 Å². The van der Waals surface area contributed by atoms with Crippen LogP contribution in [0.1, 0.15) is 23.1 Å². The molecule has 19 heavy (non-hydrogen) atoms. The van der Waals surface area contributed by atoms with Crippen LogP contribution in [0, 0.1) is 6.92 Å². The van der Waals surface area contributed by atoms with E-state index in [9.17, 15) is 0 Å². The third-order valence-corrected chi connectivity index (χ3v) is 4.70. The number of anilines is 1. The van der Waals surface area contributed by atoms with Crippen molar-refractivity contribution in [2.75, 3.05) is 11.4 Å². The number of pyridine rings is 1. The van der Waals surface area contributed by atoms with E-state index in [1.54, 1.807) is 0 Å². The van der Waals surface area contributed by atoms with Crippen molar-refractivity contribution in [1.82, 2.24) is 4.98 Å². The first-order valence-corrected chi connectivity index (χ1v) is 7.48. The van der Waals surface area contributed by atoms with Gasteiger partial charge in [0.25, 0.3) is 0 Å².